The normalized spacial score (nSPS) is 14.5. The van der Waals surface area contributed by atoms with E-state index in [0.717, 1.165) is 29.9 Å². The van der Waals surface area contributed by atoms with Gasteiger partial charge in [-0.1, -0.05) is 29.8 Å². The summed E-state index contributed by atoms with van der Waals surface area (Å²) in [5.74, 6) is 0. The van der Waals surface area contributed by atoms with Crippen LogP contribution in [0.4, 0.5) is 11.4 Å². The summed E-state index contributed by atoms with van der Waals surface area (Å²) in [6.45, 7) is 4.33. The number of hydrogen-bond acceptors (Lipinski definition) is 4. The lowest BCUT2D eigenvalue weighted by molar-refractivity contribution is 0.577. The Morgan fingerprint density at radius 3 is 2.27 bits per heavy atom. The van der Waals surface area contributed by atoms with Crippen molar-refractivity contribution in [3.63, 3.8) is 0 Å². The van der Waals surface area contributed by atoms with Crippen molar-refractivity contribution in [1.82, 2.24) is 4.98 Å². The molecular weight excluding hydrogens is 394 g/mol. The van der Waals surface area contributed by atoms with E-state index in [4.69, 9.17) is 0 Å². The molecule has 1 fully saturated rings. The summed E-state index contributed by atoms with van der Waals surface area (Å²) in [6, 6.07) is 18.7. The second-order valence-electron chi connectivity index (χ2n) is 7.75. The zero-order valence-electron chi connectivity index (χ0n) is 17.2. The number of benzene rings is 2. The van der Waals surface area contributed by atoms with Gasteiger partial charge in [0.25, 0.3) is 10.0 Å². The molecule has 0 saturated carbocycles. The number of nitrogens with zero attached hydrogens (tertiary/aromatic N) is 3. The van der Waals surface area contributed by atoms with Crippen LogP contribution in [0.5, 0.6) is 0 Å². The first kappa shape index (κ1) is 20.4. The molecule has 0 unspecified atom stereocenters. The average molecular weight is 422 g/mol. The van der Waals surface area contributed by atoms with Crippen LogP contribution in [0.2, 0.25) is 0 Å². The van der Waals surface area contributed by atoms with E-state index in [2.05, 4.69) is 9.88 Å². The van der Waals surface area contributed by atoms with Crippen LogP contribution in [0.1, 0.15) is 30.4 Å². The monoisotopic (exact) mass is 421 g/mol. The molecule has 0 atom stereocenters. The second-order valence-corrected chi connectivity index (χ2v) is 9.61. The first-order valence-electron chi connectivity index (χ1n) is 10.4. The zero-order chi connectivity index (χ0) is 21.0. The predicted octanol–water partition coefficient (Wildman–Crippen LogP) is 4.78. The second kappa shape index (κ2) is 8.88. The molecule has 0 aliphatic carbocycles. The molecule has 0 spiro atoms. The number of anilines is 2. The van der Waals surface area contributed by atoms with E-state index in [0.29, 0.717) is 10.6 Å². The minimum Gasteiger partial charge on any atom is -0.372 e. The summed E-state index contributed by atoms with van der Waals surface area (Å²) in [6.07, 6.45) is 6.88. The molecule has 1 aliphatic rings. The van der Waals surface area contributed by atoms with E-state index in [1.807, 2.05) is 43.3 Å². The molecule has 0 amide bonds. The highest BCUT2D eigenvalue weighted by Crippen LogP contribution is 2.28. The van der Waals surface area contributed by atoms with Gasteiger partial charge in [0, 0.05) is 25.0 Å². The van der Waals surface area contributed by atoms with Gasteiger partial charge in [-0.2, -0.15) is 0 Å². The van der Waals surface area contributed by atoms with E-state index in [1.165, 1.54) is 23.6 Å². The number of sulfonamides is 1. The zero-order valence-corrected chi connectivity index (χ0v) is 18.1. The van der Waals surface area contributed by atoms with Crippen LogP contribution in [0, 0.1) is 6.92 Å². The minimum atomic E-state index is -3.74. The summed E-state index contributed by atoms with van der Waals surface area (Å²) < 4.78 is 28.6. The third kappa shape index (κ3) is 4.49. The highest BCUT2D eigenvalue weighted by molar-refractivity contribution is 7.92. The molecule has 3 aromatic rings. The van der Waals surface area contributed by atoms with E-state index in [9.17, 15) is 8.42 Å². The van der Waals surface area contributed by atoms with Crippen LogP contribution in [0.3, 0.4) is 0 Å². The van der Waals surface area contributed by atoms with Crippen LogP contribution in [-0.4, -0.2) is 26.5 Å². The SMILES string of the molecule is Cc1ccc(CN(c2cccnc2)S(=O)(=O)c2ccc(N3CCCCC3)cc2)cc1. The van der Waals surface area contributed by atoms with Gasteiger partial charge in [-0.3, -0.25) is 9.29 Å². The number of pyridine rings is 1. The predicted molar refractivity (Wildman–Crippen MR) is 121 cm³/mol. The lowest BCUT2D eigenvalue weighted by atomic mass is 10.1. The molecule has 1 saturated heterocycles. The maximum absolute atomic E-state index is 13.6. The van der Waals surface area contributed by atoms with Crippen LogP contribution >= 0.6 is 0 Å². The van der Waals surface area contributed by atoms with Crippen molar-refractivity contribution in [3.05, 3.63) is 84.2 Å². The fraction of sp³-hybridized carbons (Fsp3) is 0.292. The number of rotatable bonds is 6. The Morgan fingerprint density at radius 2 is 1.63 bits per heavy atom. The topological polar surface area (TPSA) is 53.5 Å². The Balaban J connectivity index is 1.65. The van der Waals surface area contributed by atoms with Gasteiger partial charge >= 0.3 is 0 Å². The smallest absolute Gasteiger partial charge is 0.264 e. The van der Waals surface area contributed by atoms with Gasteiger partial charge in [-0.15, -0.1) is 0 Å². The lowest BCUT2D eigenvalue weighted by Crippen LogP contribution is -2.31. The molecule has 1 aromatic heterocycles. The molecule has 156 valence electrons. The van der Waals surface area contributed by atoms with Gasteiger partial charge in [0.15, 0.2) is 0 Å². The Hall–Kier alpha value is -2.86. The minimum absolute atomic E-state index is 0.252. The molecule has 4 rings (SSSR count). The van der Waals surface area contributed by atoms with Crippen molar-refractivity contribution in [1.29, 1.82) is 0 Å². The van der Waals surface area contributed by atoms with Gasteiger partial charge in [-0.25, -0.2) is 8.42 Å². The first-order valence-corrected chi connectivity index (χ1v) is 11.8. The quantitative estimate of drug-likeness (QED) is 0.575. The largest absolute Gasteiger partial charge is 0.372 e. The van der Waals surface area contributed by atoms with Gasteiger partial charge in [0.1, 0.15) is 0 Å². The maximum atomic E-state index is 13.6. The van der Waals surface area contributed by atoms with E-state index in [-0.39, 0.29) is 6.54 Å². The molecule has 5 nitrogen and oxygen atoms in total. The Kier molecular flexibility index (Phi) is 6.04. The molecule has 6 heteroatoms. The van der Waals surface area contributed by atoms with E-state index >= 15 is 0 Å². The highest BCUT2D eigenvalue weighted by Gasteiger charge is 2.26. The van der Waals surface area contributed by atoms with E-state index in [1.54, 1.807) is 36.7 Å². The van der Waals surface area contributed by atoms with Gasteiger partial charge in [-0.05, 0) is 68.1 Å². The standard InChI is InChI=1S/C24H27N3O2S/c1-20-7-9-21(10-8-20)19-27(23-6-5-15-25-18-23)30(28,29)24-13-11-22(12-14-24)26-16-3-2-4-17-26/h5-15,18H,2-4,16-17,19H2,1H3. The van der Waals surface area contributed by atoms with Crippen LogP contribution < -0.4 is 9.21 Å². The molecule has 0 radical (unpaired) electrons. The van der Waals surface area contributed by atoms with Crippen molar-refractivity contribution in [2.24, 2.45) is 0 Å². The number of hydrogen-bond donors (Lipinski definition) is 0. The molecule has 0 bridgehead atoms. The molecule has 2 aromatic carbocycles. The summed E-state index contributed by atoms with van der Waals surface area (Å²) in [7, 11) is -3.74. The molecule has 1 aliphatic heterocycles. The van der Waals surface area contributed by atoms with E-state index < -0.39 is 10.0 Å². The highest BCUT2D eigenvalue weighted by atomic mass is 32.2. The van der Waals surface area contributed by atoms with Crippen molar-refractivity contribution in [2.45, 2.75) is 37.6 Å². The summed E-state index contributed by atoms with van der Waals surface area (Å²) in [4.78, 5) is 6.75. The summed E-state index contributed by atoms with van der Waals surface area (Å²) in [5.41, 5.74) is 3.71. The summed E-state index contributed by atoms with van der Waals surface area (Å²) in [5, 5.41) is 0. The third-order valence-corrected chi connectivity index (χ3v) is 7.31. The van der Waals surface area contributed by atoms with Crippen LogP contribution in [0.15, 0.2) is 78.0 Å². The van der Waals surface area contributed by atoms with Gasteiger partial charge in [0.2, 0.25) is 0 Å². The Labute approximate surface area is 179 Å². The fourth-order valence-electron chi connectivity index (χ4n) is 3.78. The lowest BCUT2D eigenvalue weighted by Gasteiger charge is -2.29. The van der Waals surface area contributed by atoms with Gasteiger partial charge < -0.3 is 4.90 Å². The number of aromatic nitrogens is 1. The van der Waals surface area contributed by atoms with Crippen molar-refractivity contribution in [2.75, 3.05) is 22.3 Å². The average Bonchev–Trinajstić information content (AvgIpc) is 2.80. The Morgan fingerprint density at radius 1 is 0.933 bits per heavy atom. The molecular formula is C24H27N3O2S. The molecule has 2 heterocycles. The molecule has 30 heavy (non-hydrogen) atoms. The van der Waals surface area contributed by atoms with Gasteiger partial charge in [0.05, 0.1) is 23.3 Å². The van der Waals surface area contributed by atoms with Crippen molar-refractivity contribution >= 4 is 21.4 Å². The third-order valence-electron chi connectivity index (χ3n) is 5.53. The molecule has 0 N–H and O–H groups in total. The number of piperidine rings is 1. The Bertz CT molecular complexity index is 1060. The summed E-state index contributed by atoms with van der Waals surface area (Å²) >= 11 is 0. The fourth-order valence-corrected chi connectivity index (χ4v) is 5.22. The van der Waals surface area contributed by atoms with Crippen molar-refractivity contribution in [3.8, 4) is 0 Å². The maximum Gasteiger partial charge on any atom is 0.264 e. The van der Waals surface area contributed by atoms with Crippen LogP contribution in [0.25, 0.3) is 0 Å². The first-order chi connectivity index (χ1) is 14.5. The van der Waals surface area contributed by atoms with Crippen molar-refractivity contribution < 1.29 is 8.42 Å². The number of aryl methyl sites for hydroxylation is 1. The van der Waals surface area contributed by atoms with Crippen LogP contribution in [-0.2, 0) is 16.6 Å².